The summed E-state index contributed by atoms with van der Waals surface area (Å²) in [6.07, 6.45) is 2.20. The van der Waals surface area contributed by atoms with Gasteiger partial charge in [0, 0.05) is 12.6 Å². The van der Waals surface area contributed by atoms with Crippen LogP contribution in [0.4, 0.5) is 4.39 Å². The Morgan fingerprint density at radius 2 is 2.04 bits per heavy atom. The highest BCUT2D eigenvalue weighted by Gasteiger charge is 2.26. The molecule has 1 fully saturated rings. The van der Waals surface area contributed by atoms with Crippen molar-refractivity contribution in [2.24, 2.45) is 0 Å². The molecular formula is C20H24FNO2. The SMILES string of the molecule is CCOc1ccc(CN2CCC[C@@H]2c2cccc(F)c2)cc1OC. The first kappa shape index (κ1) is 16.8. The van der Waals surface area contributed by atoms with Gasteiger partial charge in [-0.1, -0.05) is 18.2 Å². The van der Waals surface area contributed by atoms with Crippen LogP contribution in [0.1, 0.15) is 36.9 Å². The van der Waals surface area contributed by atoms with Gasteiger partial charge >= 0.3 is 0 Å². The van der Waals surface area contributed by atoms with E-state index in [0.29, 0.717) is 6.61 Å². The number of benzene rings is 2. The Morgan fingerprint density at radius 3 is 2.79 bits per heavy atom. The predicted octanol–water partition coefficient (Wildman–Crippen LogP) is 4.57. The van der Waals surface area contributed by atoms with Gasteiger partial charge in [-0.15, -0.1) is 0 Å². The Hall–Kier alpha value is -2.07. The standard InChI is InChI=1S/C20H24FNO2/c1-3-24-19-10-9-15(12-20(19)23-2)14-22-11-5-8-18(22)16-6-4-7-17(21)13-16/h4,6-7,9-10,12-13,18H,3,5,8,11,14H2,1-2H3/t18-/m1/s1. The molecule has 1 atom stereocenters. The van der Waals surface area contributed by atoms with Crippen LogP contribution in [0.25, 0.3) is 0 Å². The molecule has 0 N–H and O–H groups in total. The average Bonchev–Trinajstić information content (AvgIpc) is 3.04. The lowest BCUT2D eigenvalue weighted by Gasteiger charge is -2.25. The summed E-state index contributed by atoms with van der Waals surface area (Å²) in [5.74, 6) is 1.37. The van der Waals surface area contributed by atoms with Crippen molar-refractivity contribution in [1.29, 1.82) is 0 Å². The maximum Gasteiger partial charge on any atom is 0.161 e. The molecule has 0 unspecified atom stereocenters. The lowest BCUT2D eigenvalue weighted by Crippen LogP contribution is -2.22. The van der Waals surface area contributed by atoms with Gasteiger partial charge in [-0.25, -0.2) is 4.39 Å². The Labute approximate surface area is 143 Å². The van der Waals surface area contributed by atoms with Crippen LogP contribution in [-0.2, 0) is 6.54 Å². The highest BCUT2D eigenvalue weighted by molar-refractivity contribution is 5.43. The number of nitrogens with zero attached hydrogens (tertiary/aromatic N) is 1. The van der Waals surface area contributed by atoms with Crippen molar-refractivity contribution in [3.63, 3.8) is 0 Å². The van der Waals surface area contributed by atoms with Crippen molar-refractivity contribution in [3.8, 4) is 11.5 Å². The van der Waals surface area contributed by atoms with E-state index in [2.05, 4.69) is 11.0 Å². The van der Waals surface area contributed by atoms with Gasteiger partial charge in [-0.3, -0.25) is 4.90 Å². The highest BCUT2D eigenvalue weighted by atomic mass is 19.1. The van der Waals surface area contributed by atoms with Gasteiger partial charge in [0.25, 0.3) is 0 Å². The largest absolute Gasteiger partial charge is 0.493 e. The second-order valence-corrected chi connectivity index (χ2v) is 6.10. The van der Waals surface area contributed by atoms with E-state index in [9.17, 15) is 4.39 Å². The summed E-state index contributed by atoms with van der Waals surface area (Å²) in [6, 6.07) is 13.3. The Bertz CT molecular complexity index is 689. The topological polar surface area (TPSA) is 21.7 Å². The highest BCUT2D eigenvalue weighted by Crippen LogP contribution is 2.35. The fraction of sp³-hybridized carbons (Fsp3) is 0.400. The van der Waals surface area contributed by atoms with E-state index in [1.54, 1.807) is 19.2 Å². The number of methoxy groups -OCH3 is 1. The molecule has 1 heterocycles. The van der Waals surface area contributed by atoms with E-state index in [1.807, 2.05) is 25.1 Å². The molecule has 0 bridgehead atoms. The van der Waals surface area contributed by atoms with E-state index >= 15 is 0 Å². The lowest BCUT2D eigenvalue weighted by molar-refractivity contribution is 0.247. The van der Waals surface area contributed by atoms with E-state index in [0.717, 1.165) is 43.0 Å². The molecule has 1 aliphatic heterocycles. The van der Waals surface area contributed by atoms with Crippen LogP contribution in [0.2, 0.25) is 0 Å². The van der Waals surface area contributed by atoms with Crippen molar-refractivity contribution >= 4 is 0 Å². The van der Waals surface area contributed by atoms with Crippen molar-refractivity contribution < 1.29 is 13.9 Å². The van der Waals surface area contributed by atoms with Crippen LogP contribution >= 0.6 is 0 Å². The molecule has 128 valence electrons. The van der Waals surface area contributed by atoms with Gasteiger partial charge in [-0.2, -0.15) is 0 Å². The van der Waals surface area contributed by atoms with E-state index < -0.39 is 0 Å². The molecule has 0 amide bonds. The Balaban J connectivity index is 1.77. The molecule has 2 aromatic carbocycles. The molecule has 0 aromatic heterocycles. The summed E-state index contributed by atoms with van der Waals surface area (Å²) in [5, 5.41) is 0. The lowest BCUT2D eigenvalue weighted by atomic mass is 10.0. The van der Waals surface area contributed by atoms with Crippen LogP contribution in [-0.4, -0.2) is 25.2 Å². The molecule has 0 spiro atoms. The summed E-state index contributed by atoms with van der Waals surface area (Å²) < 4.78 is 24.6. The molecule has 1 aliphatic rings. The zero-order chi connectivity index (χ0) is 16.9. The molecule has 3 rings (SSSR count). The second kappa shape index (κ2) is 7.67. The summed E-state index contributed by atoms with van der Waals surface area (Å²) in [7, 11) is 1.66. The molecule has 4 heteroatoms. The maximum atomic E-state index is 13.5. The molecule has 0 radical (unpaired) electrons. The fourth-order valence-electron chi connectivity index (χ4n) is 3.43. The first-order valence-corrected chi connectivity index (χ1v) is 8.50. The molecule has 3 nitrogen and oxygen atoms in total. The van der Waals surface area contributed by atoms with Crippen LogP contribution in [0.3, 0.4) is 0 Å². The van der Waals surface area contributed by atoms with Gasteiger partial charge < -0.3 is 9.47 Å². The third-order valence-electron chi connectivity index (χ3n) is 4.51. The first-order chi connectivity index (χ1) is 11.7. The van der Waals surface area contributed by atoms with E-state index in [4.69, 9.17) is 9.47 Å². The smallest absolute Gasteiger partial charge is 0.161 e. The zero-order valence-electron chi connectivity index (χ0n) is 14.3. The van der Waals surface area contributed by atoms with Gasteiger partial charge in [0.1, 0.15) is 5.82 Å². The number of hydrogen-bond acceptors (Lipinski definition) is 3. The number of likely N-dealkylation sites (tertiary alicyclic amines) is 1. The van der Waals surface area contributed by atoms with Crippen LogP contribution in [0.15, 0.2) is 42.5 Å². The average molecular weight is 329 g/mol. The van der Waals surface area contributed by atoms with Gasteiger partial charge in [0.05, 0.1) is 13.7 Å². The zero-order valence-corrected chi connectivity index (χ0v) is 14.3. The van der Waals surface area contributed by atoms with Gasteiger partial charge in [0.15, 0.2) is 11.5 Å². The summed E-state index contributed by atoms with van der Waals surface area (Å²) in [4.78, 5) is 2.41. The molecule has 0 aliphatic carbocycles. The maximum absolute atomic E-state index is 13.5. The third-order valence-corrected chi connectivity index (χ3v) is 4.51. The number of ether oxygens (including phenoxy) is 2. The number of halogens is 1. The normalized spacial score (nSPS) is 17.9. The Morgan fingerprint density at radius 1 is 1.17 bits per heavy atom. The van der Waals surface area contributed by atoms with Crippen molar-refractivity contribution in [2.75, 3.05) is 20.3 Å². The summed E-state index contributed by atoms with van der Waals surface area (Å²) in [6.45, 7) is 4.42. The molecule has 0 saturated carbocycles. The third kappa shape index (κ3) is 3.70. The van der Waals surface area contributed by atoms with E-state index in [-0.39, 0.29) is 11.9 Å². The predicted molar refractivity (Wildman–Crippen MR) is 92.9 cm³/mol. The van der Waals surface area contributed by atoms with Crippen molar-refractivity contribution in [1.82, 2.24) is 4.90 Å². The van der Waals surface area contributed by atoms with Crippen molar-refractivity contribution in [2.45, 2.75) is 32.4 Å². The quantitative estimate of drug-likeness (QED) is 0.775. The van der Waals surface area contributed by atoms with Crippen LogP contribution in [0, 0.1) is 5.82 Å². The molecule has 2 aromatic rings. The minimum atomic E-state index is -0.165. The van der Waals surface area contributed by atoms with Gasteiger partial charge in [0.2, 0.25) is 0 Å². The van der Waals surface area contributed by atoms with Crippen LogP contribution in [0.5, 0.6) is 11.5 Å². The monoisotopic (exact) mass is 329 g/mol. The van der Waals surface area contributed by atoms with E-state index in [1.165, 1.54) is 11.6 Å². The molecule has 1 saturated heterocycles. The molecule has 24 heavy (non-hydrogen) atoms. The fourth-order valence-corrected chi connectivity index (χ4v) is 3.43. The summed E-state index contributed by atoms with van der Waals surface area (Å²) in [5.41, 5.74) is 2.24. The first-order valence-electron chi connectivity index (χ1n) is 8.50. The van der Waals surface area contributed by atoms with Crippen LogP contribution < -0.4 is 9.47 Å². The minimum absolute atomic E-state index is 0.165. The minimum Gasteiger partial charge on any atom is -0.493 e. The van der Waals surface area contributed by atoms with Crippen molar-refractivity contribution in [3.05, 3.63) is 59.4 Å². The Kier molecular flexibility index (Phi) is 5.36. The number of rotatable bonds is 6. The second-order valence-electron chi connectivity index (χ2n) is 6.10. The van der Waals surface area contributed by atoms with Gasteiger partial charge in [-0.05, 0) is 61.7 Å². The molecular weight excluding hydrogens is 305 g/mol. The number of hydrogen-bond donors (Lipinski definition) is 0. The summed E-state index contributed by atoms with van der Waals surface area (Å²) >= 11 is 0.